The third kappa shape index (κ3) is 4.92. The summed E-state index contributed by atoms with van der Waals surface area (Å²) in [6.07, 6.45) is 0. The van der Waals surface area contributed by atoms with Crippen LogP contribution < -0.4 is 15.8 Å². The summed E-state index contributed by atoms with van der Waals surface area (Å²) < 4.78 is 26.2. The van der Waals surface area contributed by atoms with Crippen molar-refractivity contribution in [2.75, 3.05) is 13.1 Å². The summed E-state index contributed by atoms with van der Waals surface area (Å²) in [6, 6.07) is 7.48. The minimum Gasteiger partial charge on any atom is -0.353 e. The van der Waals surface area contributed by atoms with E-state index in [-0.39, 0.29) is 29.8 Å². The molecule has 0 heterocycles. The first kappa shape index (κ1) is 16.6. The lowest BCUT2D eigenvalue weighted by Gasteiger charge is -2.15. The average molecular weight is 299 g/mol. The van der Waals surface area contributed by atoms with Crippen molar-refractivity contribution in [2.24, 2.45) is 11.7 Å². The Morgan fingerprint density at radius 2 is 1.80 bits per heavy atom. The van der Waals surface area contributed by atoms with Crippen LogP contribution in [0.1, 0.15) is 13.8 Å². The molecule has 0 radical (unpaired) electrons. The minimum absolute atomic E-state index is 0.0380. The number of carbonyl (C=O) groups excluding carboxylic acids is 1. The van der Waals surface area contributed by atoms with Crippen LogP contribution in [0.15, 0.2) is 35.2 Å². The van der Waals surface area contributed by atoms with E-state index >= 15 is 0 Å². The van der Waals surface area contributed by atoms with Crippen LogP contribution in [0, 0.1) is 5.92 Å². The highest BCUT2D eigenvalue weighted by atomic mass is 32.2. The lowest BCUT2D eigenvalue weighted by Crippen LogP contribution is -2.46. The lowest BCUT2D eigenvalue weighted by atomic mass is 10.1. The van der Waals surface area contributed by atoms with E-state index in [0.717, 1.165) is 0 Å². The van der Waals surface area contributed by atoms with Crippen molar-refractivity contribution < 1.29 is 13.2 Å². The van der Waals surface area contributed by atoms with E-state index in [1.54, 1.807) is 18.2 Å². The summed E-state index contributed by atoms with van der Waals surface area (Å²) in [4.78, 5) is 11.8. The molecule has 0 saturated heterocycles. The molecular formula is C13H21N3O3S. The first-order valence-corrected chi connectivity index (χ1v) is 7.91. The maximum Gasteiger partial charge on any atom is 0.240 e. The van der Waals surface area contributed by atoms with Crippen LogP contribution in [0.3, 0.4) is 0 Å². The van der Waals surface area contributed by atoms with Gasteiger partial charge < -0.3 is 11.1 Å². The molecule has 0 saturated carbocycles. The highest BCUT2D eigenvalue weighted by molar-refractivity contribution is 7.89. The molecule has 1 aromatic carbocycles. The molecule has 1 amide bonds. The van der Waals surface area contributed by atoms with E-state index in [4.69, 9.17) is 5.73 Å². The predicted octanol–water partition coefficient (Wildman–Crippen LogP) is 0.0644. The van der Waals surface area contributed by atoms with Crippen molar-refractivity contribution in [2.45, 2.75) is 24.8 Å². The minimum atomic E-state index is -3.53. The fraction of sp³-hybridized carbons (Fsp3) is 0.462. The van der Waals surface area contributed by atoms with Crippen LogP contribution in [-0.2, 0) is 14.8 Å². The van der Waals surface area contributed by atoms with Crippen LogP contribution in [0.2, 0.25) is 0 Å². The zero-order chi connectivity index (χ0) is 15.2. The highest BCUT2D eigenvalue weighted by Gasteiger charge is 2.17. The smallest absolute Gasteiger partial charge is 0.240 e. The van der Waals surface area contributed by atoms with E-state index in [9.17, 15) is 13.2 Å². The van der Waals surface area contributed by atoms with Gasteiger partial charge in [-0.05, 0) is 18.1 Å². The van der Waals surface area contributed by atoms with Crippen LogP contribution in [0.4, 0.5) is 0 Å². The molecular weight excluding hydrogens is 278 g/mol. The number of hydrogen-bond acceptors (Lipinski definition) is 4. The zero-order valence-corrected chi connectivity index (χ0v) is 12.5. The largest absolute Gasteiger partial charge is 0.353 e. The number of rotatable bonds is 7. The lowest BCUT2D eigenvalue weighted by molar-refractivity contribution is -0.123. The highest BCUT2D eigenvalue weighted by Crippen LogP contribution is 2.06. The van der Waals surface area contributed by atoms with Gasteiger partial charge in [-0.25, -0.2) is 13.1 Å². The molecule has 7 heteroatoms. The third-order valence-corrected chi connectivity index (χ3v) is 4.27. The van der Waals surface area contributed by atoms with Crippen LogP contribution >= 0.6 is 0 Å². The Morgan fingerprint density at radius 3 is 2.35 bits per heavy atom. The number of carbonyl (C=O) groups is 1. The van der Waals surface area contributed by atoms with Crippen molar-refractivity contribution in [1.82, 2.24) is 10.0 Å². The van der Waals surface area contributed by atoms with E-state index in [1.165, 1.54) is 12.1 Å². The zero-order valence-electron chi connectivity index (χ0n) is 11.7. The van der Waals surface area contributed by atoms with Gasteiger partial charge in [0.2, 0.25) is 15.9 Å². The Bertz CT molecular complexity index is 529. The van der Waals surface area contributed by atoms with Gasteiger partial charge in [0, 0.05) is 13.1 Å². The molecule has 0 bridgehead atoms. The van der Waals surface area contributed by atoms with Crippen LogP contribution in [0.5, 0.6) is 0 Å². The van der Waals surface area contributed by atoms with Crippen molar-refractivity contribution in [3.05, 3.63) is 30.3 Å². The molecule has 1 aromatic rings. The van der Waals surface area contributed by atoms with Crippen molar-refractivity contribution in [3.63, 3.8) is 0 Å². The Kier molecular flexibility index (Phi) is 6.12. The van der Waals surface area contributed by atoms with Gasteiger partial charge in [-0.3, -0.25) is 4.79 Å². The Labute approximate surface area is 119 Å². The third-order valence-electron chi connectivity index (χ3n) is 2.79. The Hall–Kier alpha value is -1.44. The van der Waals surface area contributed by atoms with Gasteiger partial charge in [0.05, 0.1) is 10.9 Å². The van der Waals surface area contributed by atoms with Gasteiger partial charge >= 0.3 is 0 Å². The molecule has 0 spiro atoms. The van der Waals surface area contributed by atoms with Crippen LogP contribution in [-0.4, -0.2) is 33.5 Å². The summed E-state index contributed by atoms with van der Waals surface area (Å²) in [7, 11) is -3.53. The van der Waals surface area contributed by atoms with E-state index in [0.29, 0.717) is 0 Å². The molecule has 0 aliphatic rings. The van der Waals surface area contributed by atoms with Gasteiger partial charge in [-0.2, -0.15) is 0 Å². The first-order valence-electron chi connectivity index (χ1n) is 6.42. The monoisotopic (exact) mass is 299 g/mol. The summed E-state index contributed by atoms with van der Waals surface area (Å²) >= 11 is 0. The molecule has 0 aromatic heterocycles. The molecule has 4 N–H and O–H groups in total. The molecule has 0 unspecified atom stereocenters. The summed E-state index contributed by atoms with van der Waals surface area (Å²) in [5, 5.41) is 2.60. The maximum absolute atomic E-state index is 11.9. The normalized spacial score (nSPS) is 13.2. The number of benzene rings is 1. The second kappa shape index (κ2) is 7.37. The molecule has 1 atom stereocenters. The van der Waals surface area contributed by atoms with Crippen molar-refractivity contribution >= 4 is 15.9 Å². The topological polar surface area (TPSA) is 101 Å². The number of hydrogen-bond donors (Lipinski definition) is 3. The fourth-order valence-corrected chi connectivity index (χ4v) is 2.53. The number of sulfonamides is 1. The number of amides is 1. The van der Waals surface area contributed by atoms with Gasteiger partial charge in [-0.1, -0.05) is 32.0 Å². The fourth-order valence-electron chi connectivity index (χ4n) is 1.47. The van der Waals surface area contributed by atoms with Gasteiger partial charge in [0.25, 0.3) is 0 Å². The average Bonchev–Trinajstić information content (AvgIpc) is 2.43. The number of nitrogens with one attached hydrogen (secondary N) is 2. The Morgan fingerprint density at radius 1 is 1.20 bits per heavy atom. The summed E-state index contributed by atoms with van der Waals surface area (Å²) in [5.74, 6) is -0.241. The molecule has 0 aliphatic carbocycles. The molecule has 20 heavy (non-hydrogen) atoms. The summed E-state index contributed by atoms with van der Waals surface area (Å²) in [6.45, 7) is 4.02. The van der Waals surface area contributed by atoms with Gasteiger partial charge in [0.1, 0.15) is 0 Å². The van der Waals surface area contributed by atoms with E-state index in [1.807, 2.05) is 13.8 Å². The first-order chi connectivity index (χ1) is 9.34. The van der Waals surface area contributed by atoms with Gasteiger partial charge in [-0.15, -0.1) is 0 Å². The molecule has 1 rings (SSSR count). The molecule has 6 nitrogen and oxygen atoms in total. The summed E-state index contributed by atoms with van der Waals surface area (Å²) in [5.41, 5.74) is 5.67. The van der Waals surface area contributed by atoms with E-state index < -0.39 is 16.1 Å². The quantitative estimate of drug-likeness (QED) is 0.620. The Balaban J connectivity index is 2.40. The van der Waals surface area contributed by atoms with Gasteiger partial charge in [0.15, 0.2) is 0 Å². The van der Waals surface area contributed by atoms with Crippen molar-refractivity contribution in [3.8, 4) is 0 Å². The second-order valence-electron chi connectivity index (χ2n) is 4.77. The maximum atomic E-state index is 11.9. The SMILES string of the molecule is CC(C)[C@H](N)C(=O)NCCNS(=O)(=O)c1ccccc1. The van der Waals surface area contributed by atoms with E-state index in [2.05, 4.69) is 10.0 Å². The van der Waals surface area contributed by atoms with Crippen LogP contribution in [0.25, 0.3) is 0 Å². The number of nitrogens with two attached hydrogens (primary N) is 1. The predicted molar refractivity (Wildman–Crippen MR) is 77.5 cm³/mol. The van der Waals surface area contributed by atoms with Crippen molar-refractivity contribution in [1.29, 1.82) is 0 Å². The molecule has 0 aliphatic heterocycles. The standard InChI is InChI=1S/C13H21N3O3S/c1-10(2)12(14)13(17)15-8-9-16-20(18,19)11-6-4-3-5-7-11/h3-7,10,12,16H,8-9,14H2,1-2H3,(H,15,17)/t12-/m0/s1. The second-order valence-corrected chi connectivity index (χ2v) is 6.54. The molecule has 112 valence electrons. The molecule has 0 fully saturated rings.